The Bertz CT molecular complexity index is 1950. The number of rotatable bonds is 6. The second-order valence-corrected chi connectivity index (χ2v) is 11.2. The number of para-hydroxylation sites is 3. The number of fused-ring (bicyclic) bond motifs is 4. The molecule has 2 aliphatic heterocycles. The van der Waals surface area contributed by atoms with Gasteiger partial charge in [0.05, 0.1) is 50.1 Å². The smallest absolute Gasteiger partial charge is 0.203 e. The number of aromatic nitrogens is 2. The maximum atomic E-state index is 5.82. The molecule has 1 atom stereocenters. The van der Waals surface area contributed by atoms with Gasteiger partial charge in [-0.1, -0.05) is 36.4 Å². The second-order valence-electron chi connectivity index (χ2n) is 11.2. The summed E-state index contributed by atoms with van der Waals surface area (Å²) in [5, 5.41) is 8.65. The summed E-state index contributed by atoms with van der Waals surface area (Å²) in [5.41, 5.74) is 8.70. The van der Waals surface area contributed by atoms with E-state index in [1.54, 1.807) is 21.3 Å². The Labute approximate surface area is 262 Å². The van der Waals surface area contributed by atoms with Gasteiger partial charge in [0.15, 0.2) is 29.0 Å². The van der Waals surface area contributed by atoms with Crippen LogP contribution in [-0.2, 0) is 0 Å². The normalized spacial score (nSPS) is 14.9. The number of nitrogens with one attached hydrogen (secondary N) is 1. The molecule has 7 rings (SSSR count). The van der Waals surface area contributed by atoms with E-state index in [0.717, 1.165) is 56.5 Å². The van der Waals surface area contributed by atoms with Crippen molar-refractivity contribution in [2.45, 2.75) is 26.8 Å². The van der Waals surface area contributed by atoms with E-state index in [9.17, 15) is 0 Å². The van der Waals surface area contributed by atoms with E-state index in [0.29, 0.717) is 28.9 Å². The van der Waals surface area contributed by atoms with E-state index in [1.165, 1.54) is 0 Å². The van der Waals surface area contributed by atoms with Gasteiger partial charge in [0, 0.05) is 11.3 Å². The molecule has 45 heavy (non-hydrogen) atoms. The fourth-order valence-corrected chi connectivity index (χ4v) is 6.31. The molecule has 1 unspecified atom stereocenters. The molecule has 0 radical (unpaired) electrons. The van der Waals surface area contributed by atoms with Gasteiger partial charge in [-0.15, -0.1) is 0 Å². The van der Waals surface area contributed by atoms with Crippen molar-refractivity contribution in [2.75, 3.05) is 31.5 Å². The number of methoxy groups -OCH3 is 3. The van der Waals surface area contributed by atoms with Crippen LogP contribution in [-0.4, -0.2) is 42.8 Å². The van der Waals surface area contributed by atoms with Crippen molar-refractivity contribution < 1.29 is 14.2 Å². The van der Waals surface area contributed by atoms with Crippen LogP contribution in [0, 0.1) is 20.8 Å². The van der Waals surface area contributed by atoms with Gasteiger partial charge in [-0.2, -0.15) is 5.10 Å². The van der Waals surface area contributed by atoms with Crippen LogP contribution in [0.15, 0.2) is 94.9 Å². The quantitative estimate of drug-likeness (QED) is 0.216. The average Bonchev–Trinajstić information content (AvgIpc) is 3.38. The molecule has 0 spiro atoms. The standard InChI is InChI=1S/C36H34N6O3/c1-21-16-22(2)18-25(17-21)37-34-36-39-35-31(23(3)40-42(35)26-12-8-7-9-13-26)32(41(36)28-15-11-10-14-27(28)38-34)24-19-29(43-4)33(45-6)30(20-24)44-5/h7-20,32H,1-6H3,(H,37,38). The van der Waals surface area contributed by atoms with Crippen LogP contribution >= 0.6 is 0 Å². The average molecular weight is 599 g/mol. The van der Waals surface area contributed by atoms with Gasteiger partial charge in [0.2, 0.25) is 5.75 Å². The highest BCUT2D eigenvalue weighted by molar-refractivity contribution is 6.51. The van der Waals surface area contributed by atoms with Crippen LogP contribution in [0.4, 0.5) is 22.9 Å². The molecule has 2 aliphatic rings. The summed E-state index contributed by atoms with van der Waals surface area (Å²) in [6.45, 7) is 6.21. The zero-order valence-electron chi connectivity index (χ0n) is 26.1. The number of aliphatic imine (C=N–C) groups is 2. The first-order valence-corrected chi connectivity index (χ1v) is 14.8. The molecule has 0 aliphatic carbocycles. The fraction of sp³-hybridized carbons (Fsp3) is 0.194. The van der Waals surface area contributed by atoms with Crippen molar-refractivity contribution in [3.05, 3.63) is 113 Å². The van der Waals surface area contributed by atoms with Crippen LogP contribution in [0.2, 0.25) is 0 Å². The molecule has 5 aromatic rings. The maximum Gasteiger partial charge on any atom is 0.203 e. The Hall–Kier alpha value is -5.57. The Morgan fingerprint density at radius 2 is 1.40 bits per heavy atom. The minimum Gasteiger partial charge on any atom is -0.493 e. The lowest BCUT2D eigenvalue weighted by molar-refractivity contribution is 0.323. The Morgan fingerprint density at radius 1 is 0.733 bits per heavy atom. The Balaban J connectivity index is 1.52. The lowest BCUT2D eigenvalue weighted by Crippen LogP contribution is -2.46. The molecule has 0 saturated heterocycles. The summed E-state index contributed by atoms with van der Waals surface area (Å²) >= 11 is 0. The molecule has 0 fully saturated rings. The van der Waals surface area contributed by atoms with Gasteiger partial charge in [0.1, 0.15) is 0 Å². The zero-order chi connectivity index (χ0) is 31.2. The summed E-state index contributed by atoms with van der Waals surface area (Å²) in [5.74, 6) is 3.72. The van der Waals surface area contributed by atoms with Gasteiger partial charge in [0.25, 0.3) is 0 Å². The van der Waals surface area contributed by atoms with Gasteiger partial charge < -0.3 is 24.4 Å². The van der Waals surface area contributed by atoms with E-state index < -0.39 is 0 Å². The van der Waals surface area contributed by atoms with Crippen LogP contribution < -0.4 is 24.4 Å². The number of ether oxygens (including phenoxy) is 3. The highest BCUT2D eigenvalue weighted by Gasteiger charge is 2.42. The van der Waals surface area contributed by atoms with Crippen LogP contribution in [0.5, 0.6) is 17.2 Å². The van der Waals surface area contributed by atoms with Crippen molar-refractivity contribution in [3.63, 3.8) is 0 Å². The Kier molecular flexibility index (Phi) is 7.00. The van der Waals surface area contributed by atoms with Crippen molar-refractivity contribution >= 4 is 34.6 Å². The van der Waals surface area contributed by atoms with Crippen molar-refractivity contribution in [1.29, 1.82) is 0 Å². The van der Waals surface area contributed by atoms with Crippen LogP contribution in [0.1, 0.15) is 34.0 Å². The first-order valence-electron chi connectivity index (χ1n) is 14.8. The third-order valence-corrected chi connectivity index (χ3v) is 8.13. The van der Waals surface area contributed by atoms with Crippen molar-refractivity contribution in [2.24, 2.45) is 9.98 Å². The van der Waals surface area contributed by atoms with Crippen LogP contribution in [0.3, 0.4) is 0 Å². The minimum absolute atomic E-state index is 0.355. The number of aryl methyl sites for hydroxylation is 3. The zero-order valence-corrected chi connectivity index (χ0v) is 26.1. The maximum absolute atomic E-state index is 5.82. The molecule has 9 nitrogen and oxygen atoms in total. The van der Waals surface area contributed by atoms with E-state index in [4.69, 9.17) is 29.3 Å². The van der Waals surface area contributed by atoms with Gasteiger partial charge in [-0.25, -0.2) is 14.7 Å². The monoisotopic (exact) mass is 598 g/mol. The third kappa shape index (κ3) is 4.77. The molecule has 9 heteroatoms. The highest BCUT2D eigenvalue weighted by atomic mass is 16.5. The molecule has 0 amide bonds. The van der Waals surface area contributed by atoms with E-state index in [-0.39, 0.29) is 6.04 Å². The first kappa shape index (κ1) is 28.2. The molecule has 4 aromatic carbocycles. The minimum atomic E-state index is -0.355. The summed E-state index contributed by atoms with van der Waals surface area (Å²) < 4.78 is 19.2. The number of nitrogens with zero attached hydrogens (tertiary/aromatic N) is 5. The highest BCUT2D eigenvalue weighted by Crippen LogP contribution is 2.50. The number of anilines is 2. The third-order valence-electron chi connectivity index (χ3n) is 8.13. The Morgan fingerprint density at radius 3 is 2.07 bits per heavy atom. The summed E-state index contributed by atoms with van der Waals surface area (Å²) in [6, 6.07) is 28.2. The number of benzene rings is 4. The SMILES string of the molecule is COc1cc(C2c3c(C)nn(-c4ccccc4)c3N=C3C(Nc4cc(C)cc(C)c4)=Nc4ccccc4N32)cc(OC)c1OC. The van der Waals surface area contributed by atoms with Gasteiger partial charge >= 0.3 is 0 Å². The molecular formula is C36H34N6O3. The van der Waals surface area contributed by atoms with Gasteiger partial charge in [-0.3, -0.25) is 0 Å². The molecule has 226 valence electrons. The van der Waals surface area contributed by atoms with Crippen molar-refractivity contribution in [3.8, 4) is 22.9 Å². The summed E-state index contributed by atoms with van der Waals surface area (Å²) in [7, 11) is 4.88. The number of hydrogen-bond acceptors (Lipinski definition) is 8. The number of amidine groups is 2. The topological polar surface area (TPSA) is 85.5 Å². The fourth-order valence-electron chi connectivity index (χ4n) is 6.31. The molecule has 0 saturated carbocycles. The summed E-state index contributed by atoms with van der Waals surface area (Å²) in [6.07, 6.45) is 0. The molecular weight excluding hydrogens is 564 g/mol. The molecule has 1 aromatic heterocycles. The number of hydrogen-bond donors (Lipinski definition) is 1. The van der Waals surface area contributed by atoms with Crippen molar-refractivity contribution in [1.82, 2.24) is 9.78 Å². The van der Waals surface area contributed by atoms with Gasteiger partial charge in [-0.05, 0) is 86.0 Å². The summed E-state index contributed by atoms with van der Waals surface area (Å²) in [4.78, 5) is 12.7. The first-order chi connectivity index (χ1) is 21.9. The largest absolute Gasteiger partial charge is 0.493 e. The van der Waals surface area contributed by atoms with E-state index >= 15 is 0 Å². The lowest BCUT2D eigenvalue weighted by atomic mass is 9.92. The lowest BCUT2D eigenvalue weighted by Gasteiger charge is -2.40. The molecule has 3 heterocycles. The van der Waals surface area contributed by atoms with Crippen LogP contribution in [0.25, 0.3) is 5.69 Å². The molecule has 1 N–H and O–H groups in total. The van der Waals surface area contributed by atoms with E-state index in [1.807, 2.05) is 72.3 Å². The predicted octanol–water partition coefficient (Wildman–Crippen LogP) is 7.62. The molecule has 0 bridgehead atoms. The van der Waals surface area contributed by atoms with E-state index in [2.05, 4.69) is 48.3 Å². The predicted molar refractivity (Wildman–Crippen MR) is 179 cm³/mol. The second kappa shape index (κ2) is 11.2.